The molecular weight excluding hydrogens is 398 g/mol. The van der Waals surface area contributed by atoms with Crippen molar-refractivity contribution in [2.45, 2.75) is 19.4 Å². The number of nitrogens with one attached hydrogen (secondary N) is 2. The van der Waals surface area contributed by atoms with Crippen molar-refractivity contribution < 1.29 is 23.9 Å². The second-order valence-electron chi connectivity index (χ2n) is 7.65. The van der Waals surface area contributed by atoms with Crippen molar-refractivity contribution in [2.24, 2.45) is 5.92 Å². The summed E-state index contributed by atoms with van der Waals surface area (Å²) in [6, 6.07) is 14.7. The minimum atomic E-state index is -0.386. The predicted molar refractivity (Wildman–Crippen MR) is 113 cm³/mol. The molecule has 2 unspecified atom stereocenters. The van der Waals surface area contributed by atoms with E-state index in [0.717, 1.165) is 5.56 Å². The zero-order valence-corrected chi connectivity index (χ0v) is 17.3. The lowest BCUT2D eigenvalue weighted by molar-refractivity contribution is -0.130. The zero-order valence-electron chi connectivity index (χ0n) is 17.3. The van der Waals surface area contributed by atoms with Crippen molar-refractivity contribution >= 4 is 17.7 Å². The van der Waals surface area contributed by atoms with E-state index in [9.17, 15) is 14.4 Å². The van der Waals surface area contributed by atoms with Crippen LogP contribution in [0.4, 0.5) is 0 Å². The van der Waals surface area contributed by atoms with Gasteiger partial charge in [0.15, 0.2) is 11.5 Å². The van der Waals surface area contributed by atoms with Crippen LogP contribution in [0.1, 0.15) is 35.3 Å². The normalized spacial score (nSPS) is 18.0. The molecule has 2 aromatic carbocycles. The highest BCUT2D eigenvalue weighted by molar-refractivity contribution is 5.95. The Morgan fingerprint density at radius 1 is 1.06 bits per heavy atom. The third-order valence-corrected chi connectivity index (χ3v) is 5.62. The number of amides is 3. The van der Waals surface area contributed by atoms with E-state index in [1.54, 1.807) is 23.1 Å². The molecule has 2 N–H and O–H groups in total. The van der Waals surface area contributed by atoms with E-state index in [2.05, 4.69) is 10.6 Å². The van der Waals surface area contributed by atoms with Gasteiger partial charge < -0.3 is 25.0 Å². The minimum Gasteiger partial charge on any atom is -0.454 e. The van der Waals surface area contributed by atoms with Gasteiger partial charge in [-0.25, -0.2) is 0 Å². The molecular formula is C23H25N3O5. The number of likely N-dealkylation sites (tertiary alicyclic amines) is 1. The van der Waals surface area contributed by atoms with Crippen LogP contribution in [0.3, 0.4) is 0 Å². The van der Waals surface area contributed by atoms with Crippen molar-refractivity contribution in [3.63, 3.8) is 0 Å². The zero-order chi connectivity index (χ0) is 21.8. The molecule has 4 rings (SSSR count). The molecule has 162 valence electrons. The smallest absolute Gasteiger partial charge is 0.251 e. The third-order valence-electron chi connectivity index (χ3n) is 5.62. The van der Waals surface area contributed by atoms with Crippen LogP contribution in [0, 0.1) is 5.92 Å². The number of benzene rings is 2. The van der Waals surface area contributed by atoms with Crippen LogP contribution in [0.15, 0.2) is 48.5 Å². The van der Waals surface area contributed by atoms with Crippen LogP contribution in [0.25, 0.3) is 0 Å². The van der Waals surface area contributed by atoms with Crippen LogP contribution >= 0.6 is 0 Å². The number of hydrogen-bond donors (Lipinski definition) is 2. The first-order chi connectivity index (χ1) is 15.0. The molecule has 2 atom stereocenters. The Hall–Kier alpha value is -3.55. The number of ether oxygens (including phenoxy) is 2. The fraction of sp³-hybridized carbons (Fsp3) is 0.348. The molecule has 2 heterocycles. The lowest BCUT2D eigenvalue weighted by Gasteiger charge is -2.25. The summed E-state index contributed by atoms with van der Waals surface area (Å²) < 4.78 is 10.5. The van der Waals surface area contributed by atoms with E-state index < -0.39 is 0 Å². The van der Waals surface area contributed by atoms with Crippen molar-refractivity contribution in [3.05, 3.63) is 59.7 Å². The summed E-state index contributed by atoms with van der Waals surface area (Å²) in [5, 5.41) is 5.58. The predicted octanol–water partition coefficient (Wildman–Crippen LogP) is 1.87. The van der Waals surface area contributed by atoms with Crippen molar-refractivity contribution in [3.8, 4) is 11.5 Å². The molecule has 3 amide bonds. The van der Waals surface area contributed by atoms with Crippen molar-refractivity contribution in [2.75, 3.05) is 26.4 Å². The number of fused-ring (bicyclic) bond motifs is 1. The Labute approximate surface area is 180 Å². The molecule has 0 aliphatic carbocycles. The maximum absolute atomic E-state index is 12.5. The molecule has 2 aliphatic rings. The van der Waals surface area contributed by atoms with Gasteiger partial charge in [0, 0.05) is 31.6 Å². The molecule has 0 spiro atoms. The minimum absolute atomic E-state index is 0.0207. The first-order valence-corrected chi connectivity index (χ1v) is 10.3. The summed E-state index contributed by atoms with van der Waals surface area (Å²) in [4.78, 5) is 39.0. The van der Waals surface area contributed by atoms with Gasteiger partial charge in [0.2, 0.25) is 18.6 Å². The number of nitrogens with zero attached hydrogens (tertiary/aromatic N) is 1. The maximum Gasteiger partial charge on any atom is 0.251 e. The summed E-state index contributed by atoms with van der Waals surface area (Å²) in [6.45, 7) is 3.08. The molecule has 0 saturated carbocycles. The first-order valence-electron chi connectivity index (χ1n) is 10.3. The van der Waals surface area contributed by atoms with Gasteiger partial charge in [0.05, 0.1) is 12.0 Å². The van der Waals surface area contributed by atoms with Crippen LogP contribution in [0.5, 0.6) is 11.5 Å². The summed E-state index contributed by atoms with van der Waals surface area (Å²) in [5.74, 6) is 0.322. The fourth-order valence-corrected chi connectivity index (χ4v) is 3.84. The van der Waals surface area contributed by atoms with Crippen LogP contribution in [-0.2, 0) is 9.59 Å². The highest BCUT2D eigenvalue weighted by atomic mass is 16.7. The van der Waals surface area contributed by atoms with E-state index in [-0.39, 0.29) is 56.0 Å². The number of carbonyl (C=O) groups excluding carboxylic acids is 3. The maximum atomic E-state index is 12.5. The van der Waals surface area contributed by atoms with Gasteiger partial charge in [-0.3, -0.25) is 14.4 Å². The molecule has 8 nitrogen and oxygen atoms in total. The van der Waals surface area contributed by atoms with E-state index in [4.69, 9.17) is 9.47 Å². The lowest BCUT2D eigenvalue weighted by atomic mass is 10.1. The third kappa shape index (κ3) is 4.63. The highest BCUT2D eigenvalue weighted by Gasteiger charge is 2.36. The second kappa shape index (κ2) is 9.07. The average molecular weight is 423 g/mol. The van der Waals surface area contributed by atoms with Gasteiger partial charge in [-0.05, 0) is 30.7 Å². The van der Waals surface area contributed by atoms with E-state index in [1.165, 1.54) is 0 Å². The van der Waals surface area contributed by atoms with Gasteiger partial charge in [-0.1, -0.05) is 30.3 Å². The van der Waals surface area contributed by atoms with Crippen LogP contribution < -0.4 is 20.1 Å². The summed E-state index contributed by atoms with van der Waals surface area (Å²) in [5.41, 5.74) is 1.51. The number of carbonyl (C=O) groups is 3. The van der Waals surface area contributed by atoms with Gasteiger partial charge in [0.1, 0.15) is 0 Å². The first kappa shape index (κ1) is 20.7. The fourth-order valence-electron chi connectivity index (χ4n) is 3.84. The molecule has 0 bridgehead atoms. The largest absolute Gasteiger partial charge is 0.454 e. The molecule has 2 aromatic rings. The lowest BCUT2D eigenvalue weighted by Crippen LogP contribution is -2.38. The summed E-state index contributed by atoms with van der Waals surface area (Å²) in [6.07, 6.45) is 0.201. The molecule has 31 heavy (non-hydrogen) atoms. The molecule has 0 radical (unpaired) electrons. The van der Waals surface area contributed by atoms with Gasteiger partial charge in [0.25, 0.3) is 5.91 Å². The topological polar surface area (TPSA) is 97.0 Å². The molecule has 8 heteroatoms. The SMILES string of the molecule is CC(c1ccccc1)N1CC(C(=O)NCCNC(=O)c2ccc3c(c2)OCO3)CC1=O. The molecule has 1 fully saturated rings. The monoisotopic (exact) mass is 423 g/mol. The molecule has 1 saturated heterocycles. The standard InChI is InChI=1S/C23H25N3O5/c1-15(16-5-3-2-4-6-16)26-13-18(12-21(26)27)23(29)25-10-9-24-22(28)17-7-8-19-20(11-17)31-14-30-19/h2-8,11,15,18H,9-10,12-14H2,1H3,(H,24,28)(H,25,29). The number of hydrogen-bond acceptors (Lipinski definition) is 5. The van der Waals surface area contributed by atoms with E-state index in [0.29, 0.717) is 23.6 Å². The molecule has 0 aromatic heterocycles. The van der Waals surface area contributed by atoms with Gasteiger partial charge >= 0.3 is 0 Å². The summed E-state index contributed by atoms with van der Waals surface area (Å²) >= 11 is 0. The van der Waals surface area contributed by atoms with E-state index >= 15 is 0 Å². The van der Waals surface area contributed by atoms with Crippen LogP contribution in [-0.4, -0.2) is 49.0 Å². The summed E-state index contributed by atoms with van der Waals surface area (Å²) in [7, 11) is 0. The Bertz CT molecular complexity index is 978. The molecule has 2 aliphatic heterocycles. The Kier molecular flexibility index (Phi) is 6.06. The quantitative estimate of drug-likeness (QED) is 0.663. The van der Waals surface area contributed by atoms with Crippen LogP contribution in [0.2, 0.25) is 0 Å². The number of rotatable bonds is 7. The van der Waals surface area contributed by atoms with Gasteiger partial charge in [-0.15, -0.1) is 0 Å². The van der Waals surface area contributed by atoms with Gasteiger partial charge in [-0.2, -0.15) is 0 Å². The van der Waals surface area contributed by atoms with E-state index in [1.807, 2.05) is 37.3 Å². The second-order valence-corrected chi connectivity index (χ2v) is 7.65. The van der Waals surface area contributed by atoms with Crippen molar-refractivity contribution in [1.82, 2.24) is 15.5 Å². The average Bonchev–Trinajstić information content (AvgIpc) is 3.42. The Morgan fingerprint density at radius 2 is 1.81 bits per heavy atom. The highest BCUT2D eigenvalue weighted by Crippen LogP contribution is 2.32. The van der Waals surface area contributed by atoms with Crippen molar-refractivity contribution in [1.29, 1.82) is 0 Å². The Balaban J connectivity index is 1.22. The Morgan fingerprint density at radius 3 is 2.61 bits per heavy atom.